The third-order valence-electron chi connectivity index (χ3n) is 5.01. The molecule has 0 spiro atoms. The first-order valence-corrected chi connectivity index (χ1v) is 11.8. The van der Waals surface area contributed by atoms with Crippen LogP contribution in [0, 0.1) is 5.82 Å². The molecule has 34 heavy (non-hydrogen) atoms. The van der Waals surface area contributed by atoms with Gasteiger partial charge in [-0.15, -0.1) is 0 Å². The summed E-state index contributed by atoms with van der Waals surface area (Å²) in [6.07, 6.45) is 1.53. The van der Waals surface area contributed by atoms with Crippen LogP contribution in [0.2, 0.25) is 0 Å². The van der Waals surface area contributed by atoms with Crippen molar-refractivity contribution in [3.8, 4) is 11.5 Å². The molecule has 0 fully saturated rings. The highest BCUT2D eigenvalue weighted by molar-refractivity contribution is 9.11. The zero-order valence-electron chi connectivity index (χ0n) is 18.0. The van der Waals surface area contributed by atoms with Gasteiger partial charge in [0.25, 0.3) is 5.91 Å². The van der Waals surface area contributed by atoms with E-state index in [9.17, 15) is 9.18 Å². The van der Waals surface area contributed by atoms with Crippen LogP contribution in [-0.2, 0) is 6.61 Å². The van der Waals surface area contributed by atoms with E-state index in [2.05, 4.69) is 42.4 Å². The van der Waals surface area contributed by atoms with Gasteiger partial charge in [-0.2, -0.15) is 5.10 Å². The molecule has 1 N–H and O–H groups in total. The van der Waals surface area contributed by atoms with Gasteiger partial charge in [0.15, 0.2) is 0 Å². The molecule has 0 aliphatic heterocycles. The largest absolute Gasteiger partial charge is 0.496 e. The molecule has 0 bridgehead atoms. The summed E-state index contributed by atoms with van der Waals surface area (Å²) >= 11 is 7.00. The molecule has 4 rings (SSSR count). The van der Waals surface area contributed by atoms with Crippen LogP contribution in [0.15, 0.2) is 86.8 Å². The Morgan fingerprint density at radius 3 is 2.29 bits per heavy atom. The summed E-state index contributed by atoms with van der Waals surface area (Å²) in [6.45, 7) is 0.286. The summed E-state index contributed by atoms with van der Waals surface area (Å²) in [5.74, 6) is 0.406. The topological polar surface area (TPSA) is 59.9 Å². The molecule has 1 amide bonds. The van der Waals surface area contributed by atoms with Gasteiger partial charge in [0, 0.05) is 0 Å². The van der Waals surface area contributed by atoms with Crippen molar-refractivity contribution in [2.24, 2.45) is 5.10 Å². The van der Waals surface area contributed by atoms with Gasteiger partial charge in [0.2, 0.25) is 0 Å². The average molecular weight is 586 g/mol. The monoisotopic (exact) mass is 584 g/mol. The number of nitrogens with one attached hydrogen (secondary N) is 1. The van der Waals surface area contributed by atoms with Gasteiger partial charge in [-0.1, -0.05) is 36.4 Å². The van der Waals surface area contributed by atoms with E-state index in [1.54, 1.807) is 18.2 Å². The van der Waals surface area contributed by atoms with E-state index < -0.39 is 0 Å². The Bertz CT molecular complexity index is 1350. The van der Waals surface area contributed by atoms with Crippen LogP contribution in [0.25, 0.3) is 10.8 Å². The Kier molecular flexibility index (Phi) is 7.59. The maximum absolute atomic E-state index is 13.1. The van der Waals surface area contributed by atoms with Crippen molar-refractivity contribution in [2.45, 2.75) is 6.61 Å². The number of halogens is 3. The fraction of sp³-hybridized carbons (Fsp3) is 0.0769. The van der Waals surface area contributed by atoms with Gasteiger partial charge in [-0.3, -0.25) is 4.79 Å². The molecule has 4 aromatic rings. The lowest BCUT2D eigenvalue weighted by molar-refractivity contribution is 0.0952. The van der Waals surface area contributed by atoms with Crippen molar-refractivity contribution in [3.05, 3.63) is 104 Å². The number of rotatable bonds is 7. The van der Waals surface area contributed by atoms with Gasteiger partial charge in [-0.25, -0.2) is 9.82 Å². The summed E-state index contributed by atoms with van der Waals surface area (Å²) in [7, 11) is 1.53. The molecule has 4 aromatic carbocycles. The van der Waals surface area contributed by atoms with Crippen LogP contribution in [0.3, 0.4) is 0 Å². The Morgan fingerprint density at radius 2 is 1.65 bits per heavy atom. The minimum atomic E-state index is -0.378. The fourth-order valence-corrected chi connectivity index (χ4v) is 4.77. The van der Waals surface area contributed by atoms with Gasteiger partial charge in [0.05, 0.1) is 27.8 Å². The fourth-order valence-electron chi connectivity index (χ4n) is 3.32. The van der Waals surface area contributed by atoms with Crippen molar-refractivity contribution < 1.29 is 18.7 Å². The van der Waals surface area contributed by atoms with Crippen molar-refractivity contribution >= 4 is 54.8 Å². The second-order valence-electron chi connectivity index (χ2n) is 7.33. The van der Waals surface area contributed by atoms with Crippen LogP contribution in [-0.4, -0.2) is 19.2 Å². The van der Waals surface area contributed by atoms with E-state index in [4.69, 9.17) is 9.47 Å². The third kappa shape index (κ3) is 5.63. The Balaban J connectivity index is 1.45. The molecule has 0 aliphatic rings. The number of carbonyl (C=O) groups is 1. The molecule has 0 aliphatic carbocycles. The number of hydrazone groups is 1. The van der Waals surface area contributed by atoms with Crippen LogP contribution >= 0.6 is 31.9 Å². The maximum atomic E-state index is 13.1. The third-order valence-corrected chi connectivity index (χ3v) is 6.19. The molecule has 8 heteroatoms. The summed E-state index contributed by atoms with van der Waals surface area (Å²) < 4.78 is 25.7. The molecular formula is C26H19Br2FN2O3. The molecule has 0 saturated carbocycles. The number of carbonyl (C=O) groups excluding carboxylic acids is 1. The number of nitrogens with zero attached hydrogens (tertiary/aromatic N) is 1. The molecule has 0 heterocycles. The number of benzene rings is 4. The Hall–Kier alpha value is -3.23. The van der Waals surface area contributed by atoms with Crippen molar-refractivity contribution in [2.75, 3.05) is 7.11 Å². The van der Waals surface area contributed by atoms with Crippen molar-refractivity contribution in [1.82, 2.24) is 5.43 Å². The minimum Gasteiger partial charge on any atom is -0.496 e. The number of hydrogen-bond donors (Lipinski definition) is 1. The highest BCUT2D eigenvalue weighted by Crippen LogP contribution is 2.35. The predicted octanol–water partition coefficient (Wildman–Crippen LogP) is 6.86. The van der Waals surface area contributed by atoms with Crippen LogP contribution in [0.4, 0.5) is 4.39 Å². The van der Waals surface area contributed by atoms with Gasteiger partial charge in [0.1, 0.15) is 23.9 Å². The lowest BCUT2D eigenvalue weighted by atomic mass is 10.1. The maximum Gasteiger partial charge on any atom is 0.275 e. The number of ether oxygens (including phenoxy) is 2. The number of fused-ring (bicyclic) bond motifs is 1. The molecule has 0 radical (unpaired) electrons. The summed E-state index contributed by atoms with van der Waals surface area (Å²) in [5, 5.41) is 6.00. The lowest BCUT2D eigenvalue weighted by Crippen LogP contribution is -2.18. The Morgan fingerprint density at radius 1 is 1.00 bits per heavy atom. The summed E-state index contributed by atoms with van der Waals surface area (Å²) in [6, 6.07) is 21.1. The first-order valence-electron chi connectivity index (χ1n) is 10.2. The predicted molar refractivity (Wildman–Crippen MR) is 138 cm³/mol. The molecule has 0 unspecified atom stereocenters. The van der Waals surface area contributed by atoms with E-state index in [1.165, 1.54) is 25.5 Å². The highest BCUT2D eigenvalue weighted by atomic mass is 79.9. The molecular weight excluding hydrogens is 567 g/mol. The number of amides is 1. The molecule has 0 saturated heterocycles. The number of methoxy groups -OCH3 is 1. The smallest absolute Gasteiger partial charge is 0.275 e. The van der Waals surface area contributed by atoms with Gasteiger partial charge < -0.3 is 9.47 Å². The molecule has 0 aromatic heterocycles. The molecule has 5 nitrogen and oxygen atoms in total. The first-order chi connectivity index (χ1) is 16.4. The van der Waals surface area contributed by atoms with E-state index >= 15 is 0 Å². The first kappa shape index (κ1) is 23.9. The van der Waals surface area contributed by atoms with E-state index in [0.717, 1.165) is 21.9 Å². The number of hydrogen-bond acceptors (Lipinski definition) is 4. The average Bonchev–Trinajstić information content (AvgIpc) is 2.83. The Labute approximate surface area is 212 Å². The van der Waals surface area contributed by atoms with Gasteiger partial charge >= 0.3 is 0 Å². The summed E-state index contributed by atoms with van der Waals surface area (Å²) in [5.41, 5.74) is 4.52. The minimum absolute atomic E-state index is 0.286. The van der Waals surface area contributed by atoms with Crippen LogP contribution in [0.1, 0.15) is 21.5 Å². The normalized spacial score (nSPS) is 11.1. The highest BCUT2D eigenvalue weighted by Gasteiger charge is 2.13. The second-order valence-corrected chi connectivity index (χ2v) is 9.04. The van der Waals surface area contributed by atoms with Crippen molar-refractivity contribution in [1.29, 1.82) is 0 Å². The van der Waals surface area contributed by atoms with E-state index in [0.29, 0.717) is 26.0 Å². The van der Waals surface area contributed by atoms with E-state index in [-0.39, 0.29) is 18.3 Å². The van der Waals surface area contributed by atoms with Crippen molar-refractivity contribution in [3.63, 3.8) is 0 Å². The lowest BCUT2D eigenvalue weighted by Gasteiger charge is -2.11. The SMILES string of the molecule is COc1cc2ccccc2cc1C(=O)N/N=C\c1cc(Br)c(OCc2ccc(F)cc2)c(Br)c1. The van der Waals surface area contributed by atoms with Crippen LogP contribution in [0.5, 0.6) is 11.5 Å². The summed E-state index contributed by atoms with van der Waals surface area (Å²) in [4.78, 5) is 12.7. The quantitative estimate of drug-likeness (QED) is 0.190. The second kappa shape index (κ2) is 10.8. The molecule has 172 valence electrons. The zero-order chi connectivity index (χ0) is 24.1. The zero-order valence-corrected chi connectivity index (χ0v) is 21.2. The van der Waals surface area contributed by atoms with Crippen LogP contribution < -0.4 is 14.9 Å². The standard InChI is InChI=1S/C26H19Br2FN2O3/c1-33-24-13-19-5-3-2-4-18(19)12-21(24)26(32)31-30-14-17-10-22(27)25(23(28)11-17)34-15-16-6-8-20(29)9-7-16/h2-14H,15H2,1H3,(H,31,32)/b30-14-. The van der Waals surface area contributed by atoms with Gasteiger partial charge in [-0.05, 0) is 90.2 Å². The molecule has 0 atom stereocenters. The van der Waals surface area contributed by atoms with E-state index in [1.807, 2.05) is 42.5 Å².